The zero-order chi connectivity index (χ0) is 27.6. The number of hydrogen-bond donors (Lipinski definition) is 0. The number of thiophene rings is 1. The van der Waals surface area contributed by atoms with Gasteiger partial charge in [-0.15, -0.1) is 11.3 Å². The fourth-order valence-electron chi connectivity index (χ4n) is 4.99. The fraction of sp³-hybridized carbons (Fsp3) is 0.393. The van der Waals surface area contributed by atoms with E-state index in [0.29, 0.717) is 48.9 Å². The molecule has 202 valence electrons. The molecule has 2 aromatic heterocycles. The van der Waals surface area contributed by atoms with Crippen molar-refractivity contribution in [1.29, 1.82) is 5.26 Å². The summed E-state index contributed by atoms with van der Waals surface area (Å²) in [7, 11) is 0. The molecular formula is C28H26F3N5O2S. The Morgan fingerprint density at radius 1 is 1.21 bits per heavy atom. The SMILES string of the molecule is CCn1cc(-c2ccccc2[C@@H]2CN(C(=O)C#CCN3CCOCC3)Cc3sc(C#N)cc32)c(C(F)(F)F)n1. The van der Waals surface area contributed by atoms with Gasteiger partial charge in [-0.25, -0.2) is 0 Å². The molecule has 1 fully saturated rings. The number of morpholine rings is 1. The third kappa shape index (κ3) is 5.71. The lowest BCUT2D eigenvalue weighted by Crippen LogP contribution is -2.38. The van der Waals surface area contributed by atoms with Crippen LogP contribution < -0.4 is 0 Å². The summed E-state index contributed by atoms with van der Waals surface area (Å²) in [5.74, 6) is 4.92. The minimum atomic E-state index is -4.63. The van der Waals surface area contributed by atoms with E-state index >= 15 is 0 Å². The molecule has 1 aromatic carbocycles. The van der Waals surface area contributed by atoms with Crippen LogP contribution in [0.4, 0.5) is 13.2 Å². The van der Waals surface area contributed by atoms with Gasteiger partial charge in [-0.05, 0) is 35.6 Å². The van der Waals surface area contributed by atoms with E-state index in [1.165, 1.54) is 22.2 Å². The van der Waals surface area contributed by atoms with Gasteiger partial charge < -0.3 is 9.64 Å². The molecule has 4 heterocycles. The Bertz CT molecular complexity index is 1470. The van der Waals surface area contributed by atoms with Crippen LogP contribution >= 0.6 is 11.3 Å². The van der Waals surface area contributed by atoms with Crippen molar-refractivity contribution in [3.8, 4) is 29.0 Å². The van der Waals surface area contributed by atoms with Crippen molar-refractivity contribution in [2.24, 2.45) is 0 Å². The number of nitriles is 1. The van der Waals surface area contributed by atoms with Crippen molar-refractivity contribution in [3.05, 3.63) is 63.1 Å². The number of hydrogen-bond acceptors (Lipinski definition) is 6. The molecule has 0 spiro atoms. The number of nitrogens with zero attached hydrogens (tertiary/aromatic N) is 5. The molecule has 5 rings (SSSR count). The minimum absolute atomic E-state index is 0.00834. The van der Waals surface area contributed by atoms with E-state index < -0.39 is 17.8 Å². The van der Waals surface area contributed by atoms with Crippen molar-refractivity contribution >= 4 is 17.2 Å². The molecule has 7 nitrogen and oxygen atoms in total. The maximum absolute atomic E-state index is 14.0. The van der Waals surface area contributed by atoms with Crippen LogP contribution in [0.25, 0.3) is 11.1 Å². The van der Waals surface area contributed by atoms with Crippen molar-refractivity contribution in [3.63, 3.8) is 0 Å². The van der Waals surface area contributed by atoms with Gasteiger partial charge >= 0.3 is 6.18 Å². The van der Waals surface area contributed by atoms with Gasteiger partial charge in [0.1, 0.15) is 10.9 Å². The molecular weight excluding hydrogens is 527 g/mol. The third-order valence-corrected chi connectivity index (χ3v) is 7.97. The summed E-state index contributed by atoms with van der Waals surface area (Å²) in [4.78, 5) is 18.2. The first kappa shape index (κ1) is 26.9. The van der Waals surface area contributed by atoms with Crippen LogP contribution in [0.2, 0.25) is 0 Å². The molecule has 1 amide bonds. The van der Waals surface area contributed by atoms with Gasteiger partial charge in [0.15, 0.2) is 5.69 Å². The Kier molecular flexibility index (Phi) is 7.76. The Labute approximate surface area is 228 Å². The third-order valence-electron chi connectivity index (χ3n) is 6.93. The molecule has 1 saturated heterocycles. The van der Waals surface area contributed by atoms with Crippen molar-refractivity contribution in [2.75, 3.05) is 39.4 Å². The highest BCUT2D eigenvalue weighted by Gasteiger charge is 2.39. The molecule has 0 unspecified atom stereocenters. The normalized spacial score (nSPS) is 17.7. The summed E-state index contributed by atoms with van der Waals surface area (Å²) < 4.78 is 48.6. The van der Waals surface area contributed by atoms with Crippen LogP contribution in [0, 0.1) is 23.2 Å². The smallest absolute Gasteiger partial charge is 0.379 e. The van der Waals surface area contributed by atoms with Gasteiger partial charge in [-0.2, -0.15) is 23.5 Å². The first-order valence-electron chi connectivity index (χ1n) is 12.6. The fourth-order valence-corrected chi connectivity index (χ4v) is 6.03. The Morgan fingerprint density at radius 3 is 2.69 bits per heavy atom. The summed E-state index contributed by atoms with van der Waals surface area (Å²) in [6.45, 7) is 5.81. The number of amides is 1. The van der Waals surface area contributed by atoms with Crippen LogP contribution in [0.1, 0.15) is 39.4 Å². The molecule has 1 atom stereocenters. The number of aromatic nitrogens is 2. The number of halogens is 3. The predicted octanol–water partition coefficient (Wildman–Crippen LogP) is 4.33. The summed E-state index contributed by atoms with van der Waals surface area (Å²) in [6.07, 6.45) is -3.21. The summed E-state index contributed by atoms with van der Waals surface area (Å²) in [6, 6.07) is 10.9. The second kappa shape index (κ2) is 11.2. The number of benzene rings is 1. The molecule has 2 aliphatic rings. The van der Waals surface area contributed by atoms with E-state index in [1.807, 2.05) is 0 Å². The van der Waals surface area contributed by atoms with Crippen molar-refractivity contribution in [1.82, 2.24) is 19.6 Å². The van der Waals surface area contributed by atoms with Crippen LogP contribution in [-0.4, -0.2) is 64.9 Å². The Balaban J connectivity index is 1.51. The lowest BCUT2D eigenvalue weighted by Gasteiger charge is -2.33. The minimum Gasteiger partial charge on any atom is -0.379 e. The quantitative estimate of drug-likeness (QED) is 0.450. The Hall–Kier alpha value is -3.64. The van der Waals surface area contributed by atoms with Crippen molar-refractivity contribution in [2.45, 2.75) is 32.1 Å². The summed E-state index contributed by atoms with van der Waals surface area (Å²) >= 11 is 1.30. The molecule has 0 saturated carbocycles. The summed E-state index contributed by atoms with van der Waals surface area (Å²) in [5, 5.41) is 13.4. The molecule has 0 bridgehead atoms. The number of carbonyl (C=O) groups is 1. The van der Waals surface area contributed by atoms with Gasteiger partial charge in [0.05, 0.1) is 26.3 Å². The second-order valence-corrected chi connectivity index (χ2v) is 10.5. The number of carbonyl (C=O) groups excluding carboxylic acids is 1. The topological polar surface area (TPSA) is 74.4 Å². The van der Waals surface area contributed by atoms with Crippen molar-refractivity contribution < 1.29 is 22.7 Å². The molecule has 2 aliphatic heterocycles. The molecule has 0 aliphatic carbocycles. The number of ether oxygens (including phenoxy) is 1. The lowest BCUT2D eigenvalue weighted by molar-refractivity contribution is -0.141. The van der Waals surface area contributed by atoms with Crippen LogP contribution in [0.3, 0.4) is 0 Å². The molecule has 0 N–H and O–H groups in total. The molecule has 39 heavy (non-hydrogen) atoms. The van der Waals surface area contributed by atoms with Gasteiger partial charge in [0.25, 0.3) is 5.91 Å². The van der Waals surface area contributed by atoms with Crippen LogP contribution in [0.15, 0.2) is 36.5 Å². The van der Waals surface area contributed by atoms with E-state index in [1.54, 1.807) is 42.2 Å². The van der Waals surface area contributed by atoms with Crippen LogP contribution in [0.5, 0.6) is 0 Å². The average molecular weight is 554 g/mol. The lowest BCUT2D eigenvalue weighted by atomic mass is 9.83. The van der Waals surface area contributed by atoms with Crippen LogP contribution in [-0.2, 0) is 28.8 Å². The molecule has 0 radical (unpaired) electrons. The van der Waals surface area contributed by atoms with E-state index in [0.717, 1.165) is 23.5 Å². The zero-order valence-electron chi connectivity index (χ0n) is 21.3. The highest BCUT2D eigenvalue weighted by atomic mass is 32.1. The number of fused-ring (bicyclic) bond motifs is 1. The highest BCUT2D eigenvalue weighted by molar-refractivity contribution is 7.12. The van der Waals surface area contributed by atoms with Gasteiger partial charge in [0, 0.05) is 48.7 Å². The maximum atomic E-state index is 14.0. The highest BCUT2D eigenvalue weighted by Crippen LogP contribution is 2.44. The zero-order valence-corrected chi connectivity index (χ0v) is 22.1. The largest absolute Gasteiger partial charge is 0.435 e. The van der Waals surface area contributed by atoms with Gasteiger partial charge in [0.2, 0.25) is 0 Å². The monoisotopic (exact) mass is 553 g/mol. The maximum Gasteiger partial charge on any atom is 0.435 e. The van der Waals surface area contributed by atoms with E-state index in [4.69, 9.17) is 4.74 Å². The van der Waals surface area contributed by atoms with E-state index in [9.17, 15) is 23.2 Å². The average Bonchev–Trinajstić information content (AvgIpc) is 3.57. The molecule has 11 heteroatoms. The summed E-state index contributed by atoms with van der Waals surface area (Å²) in [5.41, 5.74) is 0.938. The first-order chi connectivity index (χ1) is 18.8. The number of aryl methyl sites for hydroxylation is 1. The number of rotatable bonds is 4. The van der Waals surface area contributed by atoms with E-state index in [-0.39, 0.29) is 18.0 Å². The number of alkyl halides is 3. The van der Waals surface area contributed by atoms with Gasteiger partial charge in [-0.3, -0.25) is 14.4 Å². The predicted molar refractivity (Wildman–Crippen MR) is 140 cm³/mol. The molecule has 3 aromatic rings. The Morgan fingerprint density at radius 2 is 1.97 bits per heavy atom. The van der Waals surface area contributed by atoms with Gasteiger partial charge in [-0.1, -0.05) is 30.2 Å². The second-order valence-electron chi connectivity index (χ2n) is 9.36. The van der Waals surface area contributed by atoms with E-state index in [2.05, 4.69) is 27.9 Å². The first-order valence-corrected chi connectivity index (χ1v) is 13.4. The standard InChI is InChI=1S/C28H26F3N5O2S/c1-2-36-17-24(27(33-36)28(29,30)31)21-7-4-3-6-20(21)23-16-35(18-25-22(23)14-19(15-32)39-25)26(37)8-5-9-34-10-12-38-13-11-34/h3-4,6-7,14,17,23H,2,9-13,16,18H2,1H3/t23-/m0/s1.